The summed E-state index contributed by atoms with van der Waals surface area (Å²) in [6, 6.07) is 2.27. The predicted molar refractivity (Wildman–Crippen MR) is 413 cm³/mol. The van der Waals surface area contributed by atoms with Crippen molar-refractivity contribution in [1.29, 1.82) is 0 Å². The molecule has 4 amide bonds. The number of methoxy groups -OCH3 is 1. The molecule has 28 heteroatoms. The van der Waals surface area contributed by atoms with Crippen LogP contribution >= 0.6 is 22.7 Å². The van der Waals surface area contributed by atoms with Gasteiger partial charge in [-0.3, -0.25) is 38.6 Å². The summed E-state index contributed by atoms with van der Waals surface area (Å²) in [5.41, 5.74) is 0.183. The van der Waals surface area contributed by atoms with Crippen LogP contribution in [-0.2, 0) is 51.8 Å². The molecule has 2 aliphatic rings. The van der Waals surface area contributed by atoms with Crippen LogP contribution < -0.4 is 10.6 Å². The summed E-state index contributed by atoms with van der Waals surface area (Å²) in [4.78, 5) is 130. The van der Waals surface area contributed by atoms with Crippen LogP contribution in [0.4, 0.5) is 0 Å². The van der Waals surface area contributed by atoms with Crippen molar-refractivity contribution in [2.24, 2.45) is 23.7 Å². The molecule has 2 aromatic heterocycles. The fourth-order valence-corrected chi connectivity index (χ4v) is 20.1. The molecule has 0 aromatic carbocycles. The molecular formula is C73H137N8O15S2Si2Sn. The molecule has 23 nitrogen and oxygen atoms in total. The summed E-state index contributed by atoms with van der Waals surface area (Å²) in [7, 11) is 0.815. The Morgan fingerprint density at radius 3 is 1.21 bits per heavy atom. The van der Waals surface area contributed by atoms with Gasteiger partial charge in [0.05, 0.1) is 31.4 Å². The number of amides is 4. The van der Waals surface area contributed by atoms with Gasteiger partial charge in [-0.2, -0.15) is 0 Å². The Morgan fingerprint density at radius 1 is 0.594 bits per heavy atom. The van der Waals surface area contributed by atoms with Crippen molar-refractivity contribution in [3.63, 3.8) is 0 Å². The predicted octanol–water partition coefficient (Wildman–Crippen LogP) is 14.2. The number of carbonyl (C=O) groups excluding carboxylic acids is 7. The molecule has 0 aliphatic carbocycles. The Kier molecular flexibility index (Phi) is 47.8. The van der Waals surface area contributed by atoms with Crippen molar-refractivity contribution in [3.05, 3.63) is 32.2 Å². The SMILES string of the molecule is C.CCCC(=O)OCN(C(=O)[C@@H](NC(=O)[C@H]1CCCCN1C)C(C)CC)[C@H](C[C@@H](O[Si](CC)(CC)CC)c1nc(C(=O)O)cs1)C(C)C.CCCC(=O)OCN(C(=O)[C@@H](NC(=O)[C@H]1CCCCN1C)C(C)CC)[C@H](C[C@@H](O[Si](CC)(CC)CC)c1nc(C(=O)OC)cs1)C(C)C.O.[CH3][Sn]([CH3])[CH3]. The van der Waals surface area contributed by atoms with Gasteiger partial charge in [0.1, 0.15) is 22.1 Å². The van der Waals surface area contributed by atoms with E-state index >= 15 is 0 Å². The van der Waals surface area contributed by atoms with E-state index in [1.807, 2.05) is 88.2 Å². The second-order valence-corrected chi connectivity index (χ2v) is 48.2. The van der Waals surface area contributed by atoms with Gasteiger partial charge in [-0.1, -0.05) is 144 Å². The van der Waals surface area contributed by atoms with E-state index in [0.717, 1.165) is 87.9 Å². The van der Waals surface area contributed by atoms with E-state index in [1.165, 1.54) is 35.2 Å². The van der Waals surface area contributed by atoms with Gasteiger partial charge >= 0.3 is 58.5 Å². The third kappa shape index (κ3) is 30.8. The fraction of sp³-hybridized carbons (Fsp3) is 0.808. The van der Waals surface area contributed by atoms with Crippen LogP contribution in [0.1, 0.15) is 251 Å². The zero-order valence-electron chi connectivity index (χ0n) is 65.3. The second-order valence-electron chi connectivity index (χ2n) is 28.4. The first-order valence-electron chi connectivity index (χ1n) is 37.1. The number of nitrogens with zero attached hydrogens (tertiary/aromatic N) is 6. The van der Waals surface area contributed by atoms with Gasteiger partial charge in [0.2, 0.25) is 23.6 Å². The third-order valence-corrected chi connectivity index (χ3v) is 31.2. The van der Waals surface area contributed by atoms with Crippen LogP contribution in [0.25, 0.3) is 0 Å². The zero-order chi connectivity index (χ0) is 74.9. The number of likely N-dealkylation sites (tertiary alicyclic amines) is 2. The molecule has 5 N–H and O–H groups in total. The minimum atomic E-state index is -2.22. The average Bonchev–Trinajstić information content (AvgIpc) is 1.80. The number of carboxylic acid groups (broad SMARTS) is 1. The van der Waals surface area contributed by atoms with E-state index in [-0.39, 0.29) is 116 Å². The van der Waals surface area contributed by atoms with Gasteiger partial charge in [0, 0.05) is 35.7 Å². The minimum absolute atomic E-state index is 0. The molecule has 583 valence electrons. The standard InChI is InChI=1S/C35H62N4O7SSi.C34H60N4O7SSi.CH4.3CH3.H2O.Sn/c1-11-18-30(40)45-23-39(34(42)31(25(8)12-2)37-32(41)27-19-16-17-20-38(27)9)28(24(6)7)21-29(46-48(13-3,14-4)15-5)33-36-26(22-47-33)35(43)44-10;1-10-17-29(39)44-22-38(33(41)30(24(8)11-2)36-31(40)26-18-15-16-19-37(26)9)27(23(6)7)20-28(45-47(12-3,13-4)14-5)32-35-25(21-46-32)34(42)43;;;;;;/h22,24-25,27-29,31H,11-21,23H2,1-10H3,(H,37,41);21,23-24,26-28,30H,10-20,22H2,1-9H3,(H,36,40)(H,42,43);1H4;3*1H3;1H2;/t25?,27-,28-,29-,31+;24?,26-,27-,28-,30+;;;;;;/m11....../s1. The Labute approximate surface area is 625 Å². The summed E-state index contributed by atoms with van der Waals surface area (Å²) in [6.07, 6.45) is 8.19. The number of hydrogen-bond donors (Lipinski definition) is 3. The molecule has 2 fully saturated rings. The average molecular weight is 1610 g/mol. The molecule has 0 saturated carbocycles. The summed E-state index contributed by atoms with van der Waals surface area (Å²) < 4.78 is 30.4. The molecule has 0 bridgehead atoms. The number of ether oxygens (including phenoxy) is 3. The second kappa shape index (κ2) is 49.8. The molecular weight excluding hydrogens is 1470 g/mol. The maximum absolute atomic E-state index is 14.8. The van der Waals surface area contributed by atoms with Crippen LogP contribution in [0.5, 0.6) is 0 Å². The number of rotatable bonds is 40. The number of thiazole rings is 2. The van der Waals surface area contributed by atoms with E-state index in [4.69, 9.17) is 23.1 Å². The number of nitrogens with one attached hydrogen (secondary N) is 2. The summed E-state index contributed by atoms with van der Waals surface area (Å²) in [5.74, 6) is -3.78. The third-order valence-electron chi connectivity index (χ3n) is 20.0. The van der Waals surface area contributed by atoms with Crippen molar-refractivity contribution in [2.45, 2.75) is 308 Å². The molecule has 2 saturated heterocycles. The number of aromatic carboxylic acids is 1. The molecule has 4 heterocycles. The van der Waals surface area contributed by atoms with E-state index in [1.54, 1.807) is 15.2 Å². The maximum atomic E-state index is 14.8. The number of carboxylic acids is 1. The van der Waals surface area contributed by atoms with Crippen molar-refractivity contribution >= 4 is 107 Å². The van der Waals surface area contributed by atoms with Crippen LogP contribution in [0.3, 0.4) is 0 Å². The fourth-order valence-electron chi connectivity index (χ4n) is 12.6. The molecule has 101 heavy (non-hydrogen) atoms. The number of aromatic nitrogens is 2. The summed E-state index contributed by atoms with van der Waals surface area (Å²) >= 11 is 2.05. The first kappa shape index (κ1) is 97.1. The molecule has 10 atom stereocenters. The van der Waals surface area contributed by atoms with Crippen LogP contribution in [0.2, 0.25) is 51.1 Å². The quantitative estimate of drug-likeness (QED) is 0.0242. The van der Waals surface area contributed by atoms with E-state index in [2.05, 4.69) is 81.9 Å². The molecule has 2 aliphatic heterocycles. The van der Waals surface area contributed by atoms with E-state index in [9.17, 15) is 43.5 Å². The van der Waals surface area contributed by atoms with Crippen LogP contribution in [-0.4, -0.2) is 208 Å². The Balaban J connectivity index is 0.00000184. The van der Waals surface area contributed by atoms with Crippen molar-refractivity contribution in [2.75, 3.05) is 47.8 Å². The van der Waals surface area contributed by atoms with Gasteiger partial charge in [0.25, 0.3) is 0 Å². The first-order valence-corrected chi connectivity index (χ1v) is 52.5. The normalized spacial score (nSPS) is 17.5. The topological polar surface area (TPSA) is 297 Å². The first-order chi connectivity index (χ1) is 46.8. The van der Waals surface area contributed by atoms with Crippen molar-refractivity contribution in [3.8, 4) is 0 Å². The monoisotopic (exact) mass is 1610 g/mol. The zero-order valence-corrected chi connectivity index (χ0v) is 71.8. The summed E-state index contributed by atoms with van der Waals surface area (Å²) in [5, 5.41) is 20.3. The summed E-state index contributed by atoms with van der Waals surface area (Å²) in [6.45, 7) is 33.9. The van der Waals surface area contributed by atoms with Crippen molar-refractivity contribution < 1.29 is 72.0 Å². The number of likely N-dealkylation sites (N-methyl/N-ethyl adjacent to an activating group) is 2. The van der Waals surface area contributed by atoms with Gasteiger partial charge in [0.15, 0.2) is 41.5 Å². The van der Waals surface area contributed by atoms with Gasteiger partial charge in [-0.05, 0) is 138 Å². The molecule has 1 radical (unpaired) electrons. The Bertz CT molecular complexity index is 2740. The number of piperidine rings is 2. The molecule has 2 unspecified atom stereocenters. The number of hydrogen-bond acceptors (Lipinski definition) is 19. The van der Waals surface area contributed by atoms with Gasteiger partial charge in [-0.25, -0.2) is 19.6 Å². The number of carbonyl (C=O) groups is 8. The molecule has 4 rings (SSSR count). The van der Waals surface area contributed by atoms with E-state index in [0.29, 0.717) is 48.5 Å². The van der Waals surface area contributed by atoms with E-state index < -0.39 is 90.7 Å². The van der Waals surface area contributed by atoms with Crippen LogP contribution in [0, 0.1) is 23.7 Å². The molecule has 2 aromatic rings. The Morgan fingerprint density at radius 2 is 0.931 bits per heavy atom. The molecule has 0 spiro atoms. The van der Waals surface area contributed by atoms with Gasteiger partial charge < -0.3 is 54.1 Å². The van der Waals surface area contributed by atoms with Crippen molar-refractivity contribution in [1.82, 2.24) is 40.2 Å². The number of esters is 3. The van der Waals surface area contributed by atoms with Gasteiger partial charge in [-0.15, -0.1) is 22.7 Å². The van der Waals surface area contributed by atoms with Crippen LogP contribution in [0.15, 0.2) is 10.8 Å². The Hall–Kier alpha value is -3.95.